The van der Waals surface area contributed by atoms with Gasteiger partial charge in [0.2, 0.25) is 17.7 Å². The summed E-state index contributed by atoms with van der Waals surface area (Å²) in [7, 11) is 1.44. The monoisotopic (exact) mass is 455 g/mol. The predicted molar refractivity (Wildman–Crippen MR) is 106 cm³/mol. The van der Waals surface area contributed by atoms with Crippen molar-refractivity contribution in [3.63, 3.8) is 0 Å². The molecule has 1 aliphatic heterocycles. The van der Waals surface area contributed by atoms with Crippen molar-refractivity contribution in [2.45, 2.75) is 6.42 Å². The summed E-state index contributed by atoms with van der Waals surface area (Å²) in [6, 6.07) is 6.26. The van der Waals surface area contributed by atoms with Gasteiger partial charge in [-0.15, -0.1) is 0 Å². The highest BCUT2D eigenvalue weighted by molar-refractivity contribution is 6.31. The van der Waals surface area contributed by atoms with Crippen LogP contribution in [0.15, 0.2) is 30.3 Å². The summed E-state index contributed by atoms with van der Waals surface area (Å²) < 4.78 is 45.0. The first kappa shape index (κ1) is 22.4. The quantitative estimate of drug-likeness (QED) is 0.656. The number of halogens is 4. The predicted octanol–water partition coefficient (Wildman–Crippen LogP) is 2.87. The third-order valence-corrected chi connectivity index (χ3v) is 4.90. The van der Waals surface area contributed by atoms with E-state index in [2.05, 4.69) is 5.32 Å². The smallest absolute Gasteiger partial charge is 0.243 e. The fourth-order valence-corrected chi connectivity index (χ4v) is 3.29. The molecule has 2 N–H and O–H groups in total. The maximum Gasteiger partial charge on any atom is 0.243 e. The summed E-state index contributed by atoms with van der Waals surface area (Å²) in [5.41, 5.74) is -0.143. The number of carbonyl (C=O) groups is 3. The van der Waals surface area contributed by atoms with Gasteiger partial charge < -0.3 is 20.3 Å². The van der Waals surface area contributed by atoms with Gasteiger partial charge in [0.1, 0.15) is 5.75 Å². The zero-order valence-corrected chi connectivity index (χ0v) is 16.9. The fourth-order valence-electron chi connectivity index (χ4n) is 3.12. The number of anilines is 2. The number of ether oxygens (including phenoxy) is 1. The van der Waals surface area contributed by atoms with Crippen molar-refractivity contribution in [2.24, 2.45) is 5.92 Å². The molecule has 0 radical (unpaired) electrons. The largest absolute Gasteiger partial charge is 0.495 e. The van der Waals surface area contributed by atoms with Gasteiger partial charge in [-0.05, 0) is 30.3 Å². The lowest BCUT2D eigenvalue weighted by molar-refractivity contribution is -0.127. The van der Waals surface area contributed by atoms with Gasteiger partial charge in [-0.2, -0.15) is 0 Å². The van der Waals surface area contributed by atoms with Crippen molar-refractivity contribution in [1.29, 1.82) is 0 Å². The molecule has 3 amide bonds. The number of hydrogen-bond acceptors (Lipinski definition) is 4. The number of amides is 3. The molecule has 164 valence electrons. The molecule has 1 aliphatic rings. The van der Waals surface area contributed by atoms with Crippen LogP contribution >= 0.6 is 11.6 Å². The first-order valence-electron chi connectivity index (χ1n) is 9.06. The number of rotatable bonds is 6. The van der Waals surface area contributed by atoms with E-state index in [0.717, 1.165) is 6.07 Å². The lowest BCUT2D eigenvalue weighted by atomic mass is 10.1. The van der Waals surface area contributed by atoms with Gasteiger partial charge in [0, 0.05) is 18.0 Å². The second kappa shape index (κ2) is 9.25. The van der Waals surface area contributed by atoms with Crippen LogP contribution in [0, 0.1) is 23.4 Å². The van der Waals surface area contributed by atoms with Crippen LogP contribution in [0.1, 0.15) is 6.42 Å². The summed E-state index contributed by atoms with van der Waals surface area (Å²) in [4.78, 5) is 38.1. The Morgan fingerprint density at radius 1 is 1.19 bits per heavy atom. The molecule has 31 heavy (non-hydrogen) atoms. The molecule has 0 aliphatic carbocycles. The number of benzene rings is 2. The van der Waals surface area contributed by atoms with E-state index in [4.69, 9.17) is 16.3 Å². The maximum atomic E-state index is 13.6. The Morgan fingerprint density at radius 3 is 2.65 bits per heavy atom. The van der Waals surface area contributed by atoms with Crippen molar-refractivity contribution in [3.05, 3.63) is 52.8 Å². The van der Waals surface area contributed by atoms with Crippen LogP contribution in [0.3, 0.4) is 0 Å². The summed E-state index contributed by atoms with van der Waals surface area (Å²) >= 11 is 5.99. The standard InChI is InChI=1S/C20H17ClF3N3O4/c1-31-15-5-2-11(21)7-14(15)27-9-10(6-17(27)29)20(30)25-8-16(28)26-13-4-3-12(22)18(23)19(13)24/h2-5,7,10H,6,8-9H2,1H3,(H,25,30)(H,26,28). The van der Waals surface area contributed by atoms with Gasteiger partial charge in [-0.1, -0.05) is 11.6 Å². The van der Waals surface area contributed by atoms with E-state index in [1.165, 1.54) is 12.0 Å². The van der Waals surface area contributed by atoms with E-state index >= 15 is 0 Å². The SMILES string of the molecule is COc1ccc(Cl)cc1N1CC(C(=O)NCC(=O)Nc2ccc(F)c(F)c2F)CC1=O. The molecule has 2 aromatic carbocycles. The van der Waals surface area contributed by atoms with E-state index < -0.39 is 47.4 Å². The Kier molecular flexibility index (Phi) is 6.69. The second-order valence-corrected chi connectivity index (χ2v) is 7.15. The van der Waals surface area contributed by atoms with E-state index in [1.54, 1.807) is 18.2 Å². The number of hydrogen-bond donors (Lipinski definition) is 2. The molecule has 0 aromatic heterocycles. The third kappa shape index (κ3) is 4.91. The van der Waals surface area contributed by atoms with E-state index in [9.17, 15) is 27.6 Å². The summed E-state index contributed by atoms with van der Waals surface area (Å²) in [6.07, 6.45) is -0.0963. The Labute approximate surface area is 180 Å². The Bertz CT molecular complexity index is 1050. The van der Waals surface area contributed by atoms with Crippen LogP contribution in [0.25, 0.3) is 0 Å². The molecule has 3 rings (SSSR count). The lowest BCUT2D eigenvalue weighted by Gasteiger charge is -2.19. The minimum atomic E-state index is -1.72. The average molecular weight is 456 g/mol. The van der Waals surface area contributed by atoms with Crippen molar-refractivity contribution >= 4 is 40.7 Å². The van der Waals surface area contributed by atoms with Crippen molar-refractivity contribution in [1.82, 2.24) is 5.32 Å². The molecule has 1 unspecified atom stereocenters. The molecule has 0 spiro atoms. The Balaban J connectivity index is 1.59. The van der Waals surface area contributed by atoms with Gasteiger partial charge in [-0.3, -0.25) is 14.4 Å². The highest BCUT2D eigenvalue weighted by Crippen LogP contribution is 2.35. The van der Waals surface area contributed by atoms with E-state index in [0.29, 0.717) is 22.5 Å². The minimum absolute atomic E-state index is 0.0424. The van der Waals surface area contributed by atoms with Gasteiger partial charge in [0.05, 0.1) is 30.9 Å². The zero-order valence-electron chi connectivity index (χ0n) is 16.2. The van der Waals surface area contributed by atoms with E-state index in [-0.39, 0.29) is 18.9 Å². The van der Waals surface area contributed by atoms with Crippen LogP contribution in [-0.4, -0.2) is 37.9 Å². The number of methoxy groups -OCH3 is 1. The number of carbonyl (C=O) groups excluding carboxylic acids is 3. The first-order chi connectivity index (χ1) is 14.7. The van der Waals surface area contributed by atoms with Gasteiger partial charge in [-0.25, -0.2) is 13.2 Å². The van der Waals surface area contributed by atoms with Gasteiger partial charge in [0.15, 0.2) is 17.5 Å². The van der Waals surface area contributed by atoms with Gasteiger partial charge >= 0.3 is 0 Å². The molecule has 7 nitrogen and oxygen atoms in total. The maximum absolute atomic E-state index is 13.6. The lowest BCUT2D eigenvalue weighted by Crippen LogP contribution is -2.38. The minimum Gasteiger partial charge on any atom is -0.495 e. The van der Waals surface area contributed by atoms with Crippen LogP contribution in [0.5, 0.6) is 5.75 Å². The van der Waals surface area contributed by atoms with Crippen LogP contribution in [0.4, 0.5) is 24.5 Å². The number of nitrogens with zero attached hydrogens (tertiary/aromatic N) is 1. The van der Waals surface area contributed by atoms with Gasteiger partial charge in [0.25, 0.3) is 0 Å². The molecule has 0 bridgehead atoms. The second-order valence-electron chi connectivity index (χ2n) is 6.71. The van der Waals surface area contributed by atoms with Crippen LogP contribution in [0.2, 0.25) is 5.02 Å². The van der Waals surface area contributed by atoms with Crippen LogP contribution < -0.4 is 20.3 Å². The van der Waals surface area contributed by atoms with Crippen molar-refractivity contribution in [2.75, 3.05) is 30.4 Å². The fraction of sp³-hybridized carbons (Fsp3) is 0.250. The van der Waals surface area contributed by atoms with E-state index in [1.807, 2.05) is 5.32 Å². The molecule has 0 saturated carbocycles. The molecular weight excluding hydrogens is 439 g/mol. The molecule has 2 aromatic rings. The molecule has 1 heterocycles. The summed E-state index contributed by atoms with van der Waals surface area (Å²) in [6.45, 7) is -0.511. The Morgan fingerprint density at radius 2 is 1.94 bits per heavy atom. The normalized spacial score (nSPS) is 15.7. The molecule has 1 saturated heterocycles. The Hall–Kier alpha value is -3.27. The van der Waals surface area contributed by atoms with Crippen LogP contribution in [-0.2, 0) is 14.4 Å². The highest BCUT2D eigenvalue weighted by Gasteiger charge is 2.36. The molecule has 1 atom stereocenters. The average Bonchev–Trinajstić information content (AvgIpc) is 3.14. The third-order valence-electron chi connectivity index (χ3n) is 4.66. The topological polar surface area (TPSA) is 87.7 Å². The first-order valence-corrected chi connectivity index (χ1v) is 9.44. The van der Waals surface area contributed by atoms with Crippen molar-refractivity contribution < 1.29 is 32.3 Å². The summed E-state index contributed by atoms with van der Waals surface area (Å²) in [5.74, 6) is -6.75. The molecule has 1 fully saturated rings. The number of nitrogens with one attached hydrogen (secondary N) is 2. The molecule has 11 heteroatoms. The molecular formula is C20H17ClF3N3O4. The zero-order chi connectivity index (χ0) is 22.7. The van der Waals surface area contributed by atoms with Crippen molar-refractivity contribution in [3.8, 4) is 5.75 Å². The summed E-state index contributed by atoms with van der Waals surface area (Å²) in [5, 5.41) is 4.78. The highest BCUT2D eigenvalue weighted by atomic mass is 35.5.